The average Bonchev–Trinajstić information content (AvgIpc) is 2.58. The molecule has 1 heterocycles. The summed E-state index contributed by atoms with van der Waals surface area (Å²) < 4.78 is 0. The Morgan fingerprint density at radius 1 is 0.857 bits per heavy atom. The van der Waals surface area contributed by atoms with Gasteiger partial charge in [0.15, 0.2) is 11.6 Å². The summed E-state index contributed by atoms with van der Waals surface area (Å²) >= 11 is 0. The van der Waals surface area contributed by atoms with E-state index in [-0.39, 0.29) is 0 Å². The van der Waals surface area contributed by atoms with Gasteiger partial charge >= 0.3 is 0 Å². The Kier molecular flexibility index (Phi) is 5.38. The van der Waals surface area contributed by atoms with Crippen molar-refractivity contribution in [2.24, 2.45) is 0 Å². The molecule has 0 N–H and O–H groups in total. The normalized spacial score (nSPS) is 13.2. The molecular weight excluding hydrogens is 258 g/mol. The van der Waals surface area contributed by atoms with Gasteiger partial charge in [0, 0.05) is 11.1 Å². The highest BCUT2D eigenvalue weighted by Gasteiger charge is 2.09. The fraction of sp³-hybridized carbons (Fsp3) is 0.278. The number of rotatable bonds is 2. The van der Waals surface area contributed by atoms with Crippen LogP contribution in [0.25, 0.3) is 17.0 Å². The summed E-state index contributed by atoms with van der Waals surface area (Å²) in [4.78, 5) is 13.5. The van der Waals surface area contributed by atoms with E-state index in [4.69, 9.17) is 0 Å². The van der Waals surface area contributed by atoms with E-state index in [2.05, 4.69) is 33.2 Å². The van der Waals surface area contributed by atoms with Crippen molar-refractivity contribution in [3.63, 3.8) is 0 Å². The fourth-order valence-corrected chi connectivity index (χ4v) is 2.11. The lowest BCUT2D eigenvalue weighted by Gasteiger charge is -2.08. The van der Waals surface area contributed by atoms with Gasteiger partial charge in [0.1, 0.15) is 5.82 Å². The SMILES string of the molecule is CC.Cc1nc(C2=CCCC=C2)nc(-c2ccccc2)n1. The monoisotopic (exact) mass is 279 g/mol. The van der Waals surface area contributed by atoms with Gasteiger partial charge in [-0.2, -0.15) is 0 Å². The number of benzene rings is 1. The summed E-state index contributed by atoms with van der Waals surface area (Å²) in [5, 5.41) is 0. The first-order valence-electron chi connectivity index (χ1n) is 7.48. The van der Waals surface area contributed by atoms with Crippen LogP contribution in [-0.4, -0.2) is 15.0 Å². The molecule has 0 fully saturated rings. The molecule has 3 heteroatoms. The first-order chi connectivity index (χ1) is 10.3. The van der Waals surface area contributed by atoms with E-state index in [1.807, 2.05) is 51.1 Å². The van der Waals surface area contributed by atoms with E-state index >= 15 is 0 Å². The zero-order valence-corrected chi connectivity index (χ0v) is 12.9. The van der Waals surface area contributed by atoms with Gasteiger partial charge in [-0.1, -0.05) is 62.4 Å². The highest BCUT2D eigenvalue weighted by Crippen LogP contribution is 2.21. The Hall–Kier alpha value is -2.29. The molecule has 0 amide bonds. The zero-order valence-electron chi connectivity index (χ0n) is 12.9. The van der Waals surface area contributed by atoms with Gasteiger partial charge in [-0.05, 0) is 19.8 Å². The first-order valence-corrected chi connectivity index (χ1v) is 7.48. The van der Waals surface area contributed by atoms with E-state index < -0.39 is 0 Å². The van der Waals surface area contributed by atoms with Crippen LogP contribution < -0.4 is 0 Å². The molecule has 1 aromatic carbocycles. The highest BCUT2D eigenvalue weighted by molar-refractivity contribution is 5.71. The van der Waals surface area contributed by atoms with Crippen molar-refractivity contribution < 1.29 is 0 Å². The summed E-state index contributed by atoms with van der Waals surface area (Å²) in [5.41, 5.74) is 2.11. The Morgan fingerprint density at radius 2 is 1.57 bits per heavy atom. The summed E-state index contributed by atoms with van der Waals surface area (Å²) in [6.07, 6.45) is 8.59. The van der Waals surface area contributed by atoms with Gasteiger partial charge < -0.3 is 0 Å². The van der Waals surface area contributed by atoms with Gasteiger partial charge in [-0.15, -0.1) is 0 Å². The van der Waals surface area contributed by atoms with Crippen LogP contribution in [0.15, 0.2) is 48.6 Å². The summed E-state index contributed by atoms with van der Waals surface area (Å²) in [6.45, 7) is 5.91. The standard InChI is InChI=1S/C16H15N3.C2H6/c1-12-17-15(13-8-4-2-5-9-13)19-16(18-12)14-10-6-3-7-11-14;1-2/h2,4-6,8-11H,3,7H2,1H3;1-2H3. The quantitative estimate of drug-likeness (QED) is 0.806. The number of nitrogens with zero attached hydrogens (tertiary/aromatic N) is 3. The molecule has 0 unspecified atom stereocenters. The smallest absolute Gasteiger partial charge is 0.163 e. The van der Waals surface area contributed by atoms with Crippen LogP contribution in [0, 0.1) is 6.92 Å². The lowest BCUT2D eigenvalue weighted by Crippen LogP contribution is -2.02. The molecule has 0 bridgehead atoms. The predicted molar refractivity (Wildman–Crippen MR) is 87.7 cm³/mol. The van der Waals surface area contributed by atoms with Crippen LogP contribution in [0.2, 0.25) is 0 Å². The van der Waals surface area contributed by atoms with Crippen molar-refractivity contribution in [2.75, 3.05) is 0 Å². The lowest BCUT2D eigenvalue weighted by molar-refractivity contribution is 0.953. The van der Waals surface area contributed by atoms with Crippen LogP contribution in [0.3, 0.4) is 0 Å². The van der Waals surface area contributed by atoms with E-state index in [9.17, 15) is 0 Å². The van der Waals surface area contributed by atoms with Crippen molar-refractivity contribution in [1.29, 1.82) is 0 Å². The van der Waals surface area contributed by atoms with Crippen molar-refractivity contribution in [2.45, 2.75) is 33.6 Å². The predicted octanol–water partition coefficient (Wildman–Crippen LogP) is 4.61. The zero-order chi connectivity index (χ0) is 15.1. The molecular formula is C18H21N3. The third kappa shape index (κ3) is 3.85. The molecule has 0 saturated carbocycles. The molecule has 0 radical (unpaired) electrons. The Balaban J connectivity index is 0.000000774. The van der Waals surface area contributed by atoms with Crippen LogP contribution in [0.1, 0.15) is 38.3 Å². The molecule has 3 rings (SSSR count). The molecule has 0 atom stereocenters. The molecule has 1 aliphatic carbocycles. The van der Waals surface area contributed by atoms with Crippen molar-refractivity contribution >= 4 is 5.57 Å². The largest absolute Gasteiger partial charge is 0.213 e. The number of hydrogen-bond donors (Lipinski definition) is 0. The summed E-state index contributed by atoms with van der Waals surface area (Å²) in [5.74, 6) is 2.26. The number of aromatic nitrogens is 3. The first kappa shape index (κ1) is 15.1. The molecule has 1 aliphatic rings. The maximum Gasteiger partial charge on any atom is 0.163 e. The minimum absolute atomic E-state index is 0.739. The second kappa shape index (κ2) is 7.48. The second-order valence-corrected chi connectivity index (χ2v) is 4.54. The molecule has 108 valence electrons. The van der Waals surface area contributed by atoms with Crippen molar-refractivity contribution in [3.8, 4) is 11.4 Å². The average molecular weight is 279 g/mol. The summed E-state index contributed by atoms with van der Waals surface area (Å²) in [6, 6.07) is 10.0. The lowest BCUT2D eigenvalue weighted by atomic mass is 10.1. The molecule has 0 saturated heterocycles. The number of allylic oxidation sites excluding steroid dienone is 4. The van der Waals surface area contributed by atoms with Crippen LogP contribution in [-0.2, 0) is 0 Å². The number of hydrogen-bond acceptors (Lipinski definition) is 3. The summed E-state index contributed by atoms with van der Waals surface area (Å²) in [7, 11) is 0. The second-order valence-electron chi connectivity index (χ2n) is 4.54. The fourth-order valence-electron chi connectivity index (χ4n) is 2.11. The van der Waals surface area contributed by atoms with Crippen LogP contribution >= 0.6 is 0 Å². The van der Waals surface area contributed by atoms with Gasteiger partial charge in [-0.25, -0.2) is 15.0 Å². The van der Waals surface area contributed by atoms with Gasteiger partial charge in [-0.3, -0.25) is 0 Å². The van der Waals surface area contributed by atoms with Crippen molar-refractivity contribution in [3.05, 3.63) is 60.2 Å². The van der Waals surface area contributed by atoms with Gasteiger partial charge in [0.25, 0.3) is 0 Å². The highest BCUT2D eigenvalue weighted by atomic mass is 15.0. The maximum absolute atomic E-state index is 4.59. The van der Waals surface area contributed by atoms with E-state index in [1.54, 1.807) is 0 Å². The maximum atomic E-state index is 4.59. The molecule has 0 aliphatic heterocycles. The van der Waals surface area contributed by atoms with E-state index in [1.165, 1.54) is 0 Å². The Bertz CT molecular complexity index is 643. The topological polar surface area (TPSA) is 38.7 Å². The third-order valence-corrected chi connectivity index (χ3v) is 3.03. The van der Waals surface area contributed by atoms with Crippen LogP contribution in [0.5, 0.6) is 0 Å². The van der Waals surface area contributed by atoms with E-state index in [0.29, 0.717) is 0 Å². The minimum atomic E-state index is 0.739. The Labute approximate surface area is 126 Å². The van der Waals surface area contributed by atoms with Gasteiger partial charge in [0.2, 0.25) is 0 Å². The molecule has 3 nitrogen and oxygen atoms in total. The molecule has 0 spiro atoms. The van der Waals surface area contributed by atoms with Crippen LogP contribution in [0.4, 0.5) is 0 Å². The van der Waals surface area contributed by atoms with E-state index in [0.717, 1.165) is 41.5 Å². The van der Waals surface area contributed by atoms with Crippen molar-refractivity contribution in [1.82, 2.24) is 15.0 Å². The Morgan fingerprint density at radius 3 is 2.24 bits per heavy atom. The minimum Gasteiger partial charge on any atom is -0.213 e. The third-order valence-electron chi connectivity index (χ3n) is 3.03. The number of aryl methyl sites for hydroxylation is 1. The molecule has 2 aromatic rings. The molecule has 1 aromatic heterocycles. The molecule has 21 heavy (non-hydrogen) atoms. The van der Waals surface area contributed by atoms with Gasteiger partial charge in [0.05, 0.1) is 0 Å².